The van der Waals surface area contributed by atoms with Gasteiger partial charge in [0.1, 0.15) is 5.82 Å². The molecule has 30 heavy (non-hydrogen) atoms. The van der Waals surface area contributed by atoms with Crippen LogP contribution in [-0.2, 0) is 16.6 Å². The Morgan fingerprint density at radius 2 is 1.87 bits per heavy atom. The first kappa shape index (κ1) is 20.6. The smallest absolute Gasteiger partial charge is 0.279 e. The fourth-order valence-electron chi connectivity index (χ4n) is 3.44. The van der Waals surface area contributed by atoms with Crippen molar-refractivity contribution in [2.75, 3.05) is 13.1 Å². The van der Waals surface area contributed by atoms with Gasteiger partial charge in [0.05, 0.1) is 15.1 Å². The number of hydrogen-bond donors (Lipinski definition) is 0. The predicted octanol–water partition coefficient (Wildman–Crippen LogP) is 3.55. The Morgan fingerprint density at radius 1 is 1.17 bits per heavy atom. The van der Waals surface area contributed by atoms with Crippen molar-refractivity contribution >= 4 is 37.5 Å². The van der Waals surface area contributed by atoms with Gasteiger partial charge < -0.3 is 4.57 Å². The molecule has 9 heteroatoms. The lowest BCUT2D eigenvalue weighted by molar-refractivity contribution is 0.0997. The number of allylic oxidation sites excluding steroid dienone is 1. The zero-order valence-electron chi connectivity index (χ0n) is 16.1. The Balaban J connectivity index is 1.67. The maximum Gasteiger partial charge on any atom is 0.279 e. The lowest BCUT2D eigenvalue weighted by atomic mass is 10.2. The van der Waals surface area contributed by atoms with E-state index in [1.165, 1.54) is 52.0 Å². The molecule has 0 aliphatic carbocycles. The van der Waals surface area contributed by atoms with Crippen LogP contribution in [0.4, 0.5) is 4.39 Å². The first-order valence-electron chi connectivity index (χ1n) is 9.49. The van der Waals surface area contributed by atoms with Gasteiger partial charge in [-0.2, -0.15) is 9.30 Å². The van der Waals surface area contributed by atoms with Crippen LogP contribution in [-0.4, -0.2) is 36.3 Å². The summed E-state index contributed by atoms with van der Waals surface area (Å²) in [6.07, 6.45) is 3.40. The van der Waals surface area contributed by atoms with Crippen molar-refractivity contribution in [3.05, 3.63) is 71.3 Å². The molecule has 1 fully saturated rings. The Morgan fingerprint density at radius 3 is 2.53 bits per heavy atom. The van der Waals surface area contributed by atoms with Crippen molar-refractivity contribution in [3.63, 3.8) is 0 Å². The number of aromatic nitrogens is 1. The van der Waals surface area contributed by atoms with Crippen LogP contribution < -0.4 is 4.80 Å². The number of sulfonamides is 1. The van der Waals surface area contributed by atoms with Gasteiger partial charge in [0.25, 0.3) is 5.91 Å². The SMILES string of the molecule is C=CCn1c(=NC(=O)c2ccc(S(=O)(=O)N3CCCC3)cc2)sc2cc(F)ccc21. The van der Waals surface area contributed by atoms with Gasteiger partial charge in [0.2, 0.25) is 10.0 Å². The van der Waals surface area contributed by atoms with E-state index < -0.39 is 15.9 Å². The number of halogens is 1. The van der Waals surface area contributed by atoms with Crippen molar-refractivity contribution in [2.45, 2.75) is 24.3 Å². The molecule has 0 N–H and O–H groups in total. The second-order valence-electron chi connectivity index (χ2n) is 6.95. The zero-order valence-corrected chi connectivity index (χ0v) is 17.8. The first-order chi connectivity index (χ1) is 14.4. The molecule has 1 aliphatic rings. The molecule has 0 atom stereocenters. The number of carbonyl (C=O) groups is 1. The Hall–Kier alpha value is -2.62. The quantitative estimate of drug-likeness (QED) is 0.564. The van der Waals surface area contributed by atoms with E-state index in [9.17, 15) is 17.6 Å². The van der Waals surface area contributed by atoms with Gasteiger partial charge in [-0.15, -0.1) is 6.58 Å². The highest BCUT2D eigenvalue weighted by atomic mass is 32.2. The van der Waals surface area contributed by atoms with Crippen molar-refractivity contribution in [1.29, 1.82) is 0 Å². The van der Waals surface area contributed by atoms with Crippen LogP contribution in [0, 0.1) is 5.82 Å². The molecular weight excluding hydrogens is 425 g/mol. The number of amides is 1. The molecule has 6 nitrogen and oxygen atoms in total. The highest BCUT2D eigenvalue weighted by Gasteiger charge is 2.27. The molecular formula is C21H20FN3O3S2. The maximum absolute atomic E-state index is 13.6. The summed E-state index contributed by atoms with van der Waals surface area (Å²) in [4.78, 5) is 17.5. The lowest BCUT2D eigenvalue weighted by Gasteiger charge is -2.15. The van der Waals surface area contributed by atoms with Crippen LogP contribution in [0.25, 0.3) is 10.2 Å². The topological polar surface area (TPSA) is 71.7 Å². The maximum atomic E-state index is 13.6. The summed E-state index contributed by atoms with van der Waals surface area (Å²) in [6.45, 7) is 5.19. The minimum Gasteiger partial charge on any atom is -0.312 e. The molecule has 1 aliphatic heterocycles. The second kappa shape index (κ2) is 8.25. The third kappa shape index (κ3) is 3.88. The molecule has 0 spiro atoms. The molecule has 0 saturated carbocycles. The lowest BCUT2D eigenvalue weighted by Crippen LogP contribution is -2.27. The summed E-state index contributed by atoms with van der Waals surface area (Å²) in [5.41, 5.74) is 1.05. The highest BCUT2D eigenvalue weighted by molar-refractivity contribution is 7.89. The summed E-state index contributed by atoms with van der Waals surface area (Å²) in [5, 5.41) is 0. The number of benzene rings is 2. The van der Waals surface area contributed by atoms with Crippen LogP contribution >= 0.6 is 11.3 Å². The van der Waals surface area contributed by atoms with E-state index in [2.05, 4.69) is 11.6 Å². The molecule has 2 heterocycles. The number of fused-ring (bicyclic) bond motifs is 1. The molecule has 3 aromatic rings. The highest BCUT2D eigenvalue weighted by Crippen LogP contribution is 2.22. The van der Waals surface area contributed by atoms with E-state index in [-0.39, 0.29) is 16.3 Å². The molecule has 1 aromatic heterocycles. The third-order valence-electron chi connectivity index (χ3n) is 4.96. The minimum atomic E-state index is -3.53. The molecule has 0 bridgehead atoms. The van der Waals surface area contributed by atoms with Gasteiger partial charge in [-0.05, 0) is 55.3 Å². The van der Waals surface area contributed by atoms with Crippen LogP contribution in [0.15, 0.2) is 65.0 Å². The van der Waals surface area contributed by atoms with Gasteiger partial charge >= 0.3 is 0 Å². The van der Waals surface area contributed by atoms with Crippen molar-refractivity contribution < 1.29 is 17.6 Å². The fourth-order valence-corrected chi connectivity index (χ4v) is 6.02. The molecule has 1 amide bonds. The summed E-state index contributed by atoms with van der Waals surface area (Å²) in [6, 6.07) is 10.2. The first-order valence-corrected chi connectivity index (χ1v) is 11.7. The molecule has 1 saturated heterocycles. The van der Waals surface area contributed by atoms with Crippen molar-refractivity contribution in [3.8, 4) is 0 Å². The average molecular weight is 446 g/mol. The largest absolute Gasteiger partial charge is 0.312 e. The molecule has 156 valence electrons. The molecule has 2 aromatic carbocycles. The van der Waals surface area contributed by atoms with E-state index in [1.807, 2.05) is 0 Å². The fraction of sp³-hybridized carbons (Fsp3) is 0.238. The summed E-state index contributed by atoms with van der Waals surface area (Å²) in [5.74, 6) is -0.854. The molecule has 0 radical (unpaired) electrons. The van der Waals surface area contributed by atoms with Gasteiger partial charge in [-0.3, -0.25) is 4.79 Å². The Bertz CT molecular complexity index is 1290. The predicted molar refractivity (Wildman–Crippen MR) is 114 cm³/mol. The number of rotatable bonds is 5. The average Bonchev–Trinajstić information content (AvgIpc) is 3.38. The van der Waals surface area contributed by atoms with Crippen LogP contribution in [0.3, 0.4) is 0 Å². The summed E-state index contributed by atoms with van der Waals surface area (Å²) >= 11 is 1.21. The van der Waals surface area contributed by atoms with E-state index in [0.29, 0.717) is 29.1 Å². The van der Waals surface area contributed by atoms with Gasteiger partial charge in [-0.25, -0.2) is 12.8 Å². The third-order valence-corrected chi connectivity index (χ3v) is 7.91. The monoisotopic (exact) mass is 445 g/mol. The van der Waals surface area contributed by atoms with Gasteiger partial charge in [-0.1, -0.05) is 17.4 Å². The summed E-state index contributed by atoms with van der Waals surface area (Å²) in [7, 11) is -3.53. The minimum absolute atomic E-state index is 0.167. The van der Waals surface area contributed by atoms with E-state index in [0.717, 1.165) is 18.4 Å². The van der Waals surface area contributed by atoms with Crippen molar-refractivity contribution in [1.82, 2.24) is 8.87 Å². The molecule has 4 rings (SSSR count). The van der Waals surface area contributed by atoms with E-state index in [1.54, 1.807) is 16.7 Å². The summed E-state index contributed by atoms with van der Waals surface area (Å²) < 4.78 is 42.7. The number of thiazole rings is 1. The Kier molecular flexibility index (Phi) is 5.68. The van der Waals surface area contributed by atoms with Gasteiger partial charge in [0, 0.05) is 25.2 Å². The number of carbonyl (C=O) groups excluding carboxylic acids is 1. The van der Waals surface area contributed by atoms with E-state index >= 15 is 0 Å². The Labute approximate surface area is 177 Å². The number of nitrogens with zero attached hydrogens (tertiary/aromatic N) is 3. The van der Waals surface area contributed by atoms with Crippen LogP contribution in [0.2, 0.25) is 0 Å². The van der Waals surface area contributed by atoms with E-state index in [4.69, 9.17) is 0 Å². The second-order valence-corrected chi connectivity index (χ2v) is 9.90. The van der Waals surface area contributed by atoms with Crippen LogP contribution in [0.1, 0.15) is 23.2 Å². The van der Waals surface area contributed by atoms with Crippen molar-refractivity contribution in [2.24, 2.45) is 4.99 Å². The normalized spacial score (nSPS) is 15.7. The zero-order chi connectivity index (χ0) is 21.3. The molecule has 0 unspecified atom stereocenters. The van der Waals surface area contributed by atoms with Crippen LogP contribution in [0.5, 0.6) is 0 Å². The van der Waals surface area contributed by atoms with Gasteiger partial charge in [0.15, 0.2) is 4.80 Å². The standard InChI is InChI=1S/C21H20FN3O3S2/c1-2-11-25-18-10-7-16(22)14-19(18)29-21(25)23-20(26)15-5-8-17(9-6-15)30(27,28)24-12-3-4-13-24/h2,5-10,14H,1,3-4,11-13H2. The number of hydrogen-bond acceptors (Lipinski definition) is 4.